The van der Waals surface area contributed by atoms with Gasteiger partial charge in [0.05, 0.1) is 13.5 Å². The molecule has 0 aromatic rings. The molecule has 57 valence electrons. The van der Waals surface area contributed by atoms with Gasteiger partial charge in [-0.3, -0.25) is 0 Å². The minimum atomic E-state index is 0. The van der Waals surface area contributed by atoms with E-state index < -0.39 is 0 Å². The lowest BCUT2D eigenvalue weighted by Crippen LogP contribution is -3.00. The molecule has 0 saturated heterocycles. The molecule has 0 amide bonds. The molecule has 0 spiro atoms. The third-order valence-corrected chi connectivity index (χ3v) is 1.18. The van der Waals surface area contributed by atoms with E-state index in [1.54, 1.807) is 0 Å². The van der Waals surface area contributed by atoms with E-state index in [2.05, 4.69) is 4.99 Å². The lowest BCUT2D eigenvalue weighted by molar-refractivity contribution is -0.00000295. The van der Waals surface area contributed by atoms with E-state index in [-0.39, 0.29) is 12.4 Å². The molecule has 0 aromatic carbocycles. The van der Waals surface area contributed by atoms with E-state index in [1.807, 2.05) is 13.8 Å². The fraction of sp³-hybridized carbons (Fsp3) is 0.500. The van der Waals surface area contributed by atoms with Crippen molar-refractivity contribution in [3.63, 3.8) is 0 Å². The number of halogens is 1. The molecular weight excluding hydrogens is 152 g/mol. The zero-order valence-electron chi connectivity index (χ0n) is 6.02. The third kappa shape index (κ3) is 1.72. The Morgan fingerprint density at radius 3 is 2.30 bits per heavy atom. The summed E-state index contributed by atoms with van der Waals surface area (Å²) in [6.07, 6.45) is 0. The number of hydrogen-bond acceptors (Lipinski definition) is 3. The second-order valence-corrected chi connectivity index (χ2v) is 1.95. The monoisotopic (exact) mass is 161 g/mol. The third-order valence-electron chi connectivity index (χ3n) is 1.18. The highest BCUT2D eigenvalue weighted by Crippen LogP contribution is 2.07. The number of allylic oxidation sites excluding steroid dienone is 1. The van der Waals surface area contributed by atoms with Crippen molar-refractivity contribution in [2.45, 2.75) is 13.8 Å². The summed E-state index contributed by atoms with van der Waals surface area (Å²) >= 11 is 0. The largest absolute Gasteiger partial charge is 1.00 e. The molecule has 0 atom stereocenters. The maximum absolute atomic E-state index is 5.33. The van der Waals surface area contributed by atoms with Gasteiger partial charge in [-0.2, -0.15) is 0 Å². The van der Waals surface area contributed by atoms with Gasteiger partial charge in [0, 0.05) is 6.92 Å². The lowest BCUT2D eigenvalue weighted by Gasteiger charge is -1.90. The first-order chi connectivity index (χ1) is 4.24. The number of ether oxygens (including phenoxy) is 1. The van der Waals surface area contributed by atoms with E-state index in [0.717, 1.165) is 11.5 Å². The molecule has 10 heavy (non-hydrogen) atoms. The maximum atomic E-state index is 5.33. The summed E-state index contributed by atoms with van der Waals surface area (Å²) in [4.78, 5) is 4.04. The molecule has 0 bridgehead atoms. The molecule has 0 saturated carbocycles. The highest BCUT2D eigenvalue weighted by molar-refractivity contribution is 5.76. The molecule has 0 aromatic heterocycles. The zero-order valence-corrected chi connectivity index (χ0v) is 6.77. The van der Waals surface area contributed by atoms with Crippen LogP contribution >= 0.6 is 0 Å². The summed E-state index contributed by atoms with van der Waals surface area (Å²) < 4.78 is 5.13. The van der Waals surface area contributed by atoms with Crippen LogP contribution in [0.3, 0.4) is 0 Å². The smallest absolute Gasteiger partial charge is 0.412 e. The van der Waals surface area contributed by atoms with Crippen LogP contribution in [-0.2, 0) is 4.74 Å². The van der Waals surface area contributed by atoms with Gasteiger partial charge in [0.15, 0.2) is 5.76 Å². The van der Waals surface area contributed by atoms with Gasteiger partial charge in [0.1, 0.15) is 4.99 Å². The van der Waals surface area contributed by atoms with Crippen molar-refractivity contribution in [1.82, 2.24) is 4.99 Å². The number of aliphatic imine (C=N–C) groups is 1. The number of rotatable bonds is 1. The van der Waals surface area contributed by atoms with Gasteiger partial charge in [-0.05, 0) is 0 Å². The van der Waals surface area contributed by atoms with Crippen molar-refractivity contribution < 1.29 is 17.1 Å². The van der Waals surface area contributed by atoms with Gasteiger partial charge in [0.25, 0.3) is 5.70 Å². The lowest BCUT2D eigenvalue weighted by atomic mass is 10.4. The van der Waals surface area contributed by atoms with Crippen LogP contribution in [0.2, 0.25) is 0 Å². The van der Waals surface area contributed by atoms with Crippen LogP contribution in [0.15, 0.2) is 11.5 Å². The predicted octanol–water partition coefficient (Wildman–Crippen LogP) is -3.03. The summed E-state index contributed by atoms with van der Waals surface area (Å²) in [6.45, 7) is 4.14. The van der Waals surface area contributed by atoms with Crippen LogP contribution in [0, 0.1) is 0 Å². The van der Waals surface area contributed by atoms with Crippen LogP contribution in [0.5, 0.6) is 0 Å². The van der Waals surface area contributed by atoms with E-state index in [1.165, 1.54) is 0 Å². The second kappa shape index (κ2) is 3.58. The number of nitrogens with zero attached hydrogens (tertiary/aromatic N) is 1. The molecule has 0 fully saturated rings. The van der Waals surface area contributed by atoms with E-state index in [4.69, 9.17) is 10.5 Å². The summed E-state index contributed by atoms with van der Waals surface area (Å²) in [5, 5.41) is 0. The van der Waals surface area contributed by atoms with Crippen LogP contribution in [0.1, 0.15) is 13.8 Å². The number of nitrogens with two attached hydrogens (primary N) is 1. The van der Waals surface area contributed by atoms with Gasteiger partial charge >= 0.3 is 5.90 Å². The Kier molecular flexibility index (Phi) is 3.39. The molecule has 3 nitrogen and oxygen atoms in total. The molecule has 0 aliphatic carbocycles. The number of hydrogen-bond donors (Lipinski definition) is 1. The minimum absolute atomic E-state index is 0. The Morgan fingerprint density at radius 1 is 1.50 bits per heavy atom. The Morgan fingerprint density at radius 2 is 2.10 bits per heavy atom. The predicted molar refractivity (Wildman–Crippen MR) is 35.7 cm³/mol. The fourth-order valence-corrected chi connectivity index (χ4v) is 0.763. The second-order valence-electron chi connectivity index (χ2n) is 1.95. The topological polar surface area (TPSA) is 49.4 Å². The Bertz CT molecular complexity index is 186. The molecular formula is C6H10ClN2O. The highest BCUT2D eigenvalue weighted by atomic mass is 35.5. The summed E-state index contributed by atoms with van der Waals surface area (Å²) in [7, 11) is 0. The fourth-order valence-electron chi connectivity index (χ4n) is 0.763. The standard InChI is InChI=1S/C6H10N2O.ClH/c1-4-6(3-7)9-5(2)8-4;/h3,7H2,1-2H3;1H/q+1;/p-1. The molecule has 2 N–H and O–H groups in total. The summed E-state index contributed by atoms with van der Waals surface area (Å²) in [5.74, 6) is 1.47. The van der Waals surface area contributed by atoms with Crippen LogP contribution in [0.4, 0.5) is 0 Å². The van der Waals surface area contributed by atoms with Gasteiger partial charge < -0.3 is 22.9 Å². The quantitative estimate of drug-likeness (QED) is 0.445. The molecule has 1 aliphatic rings. The van der Waals surface area contributed by atoms with Crippen LogP contribution < -0.4 is 23.1 Å². The van der Waals surface area contributed by atoms with Crippen molar-refractivity contribution in [2.24, 2.45) is 5.73 Å². The van der Waals surface area contributed by atoms with Crippen molar-refractivity contribution in [2.75, 3.05) is 6.54 Å². The maximum Gasteiger partial charge on any atom is 0.412 e. The van der Waals surface area contributed by atoms with E-state index >= 15 is 0 Å². The van der Waals surface area contributed by atoms with E-state index in [9.17, 15) is 0 Å². The molecule has 1 rings (SSSR count). The first-order valence-corrected chi connectivity index (χ1v) is 2.87. The highest BCUT2D eigenvalue weighted by Gasteiger charge is 2.23. The average molecular weight is 162 g/mol. The SMILES string of the molecule is CC1=[N+]C(C)=C(CN)O1.[Cl-]. The van der Waals surface area contributed by atoms with Gasteiger partial charge in [-0.1, -0.05) is 0 Å². The van der Waals surface area contributed by atoms with Gasteiger partial charge in [-0.25, -0.2) is 0 Å². The van der Waals surface area contributed by atoms with Crippen molar-refractivity contribution >= 4 is 5.90 Å². The van der Waals surface area contributed by atoms with Crippen molar-refractivity contribution in [1.29, 1.82) is 0 Å². The van der Waals surface area contributed by atoms with Crippen LogP contribution in [0.25, 0.3) is 0 Å². The Labute approximate surface area is 66.4 Å². The Balaban J connectivity index is 0.000000810. The summed E-state index contributed by atoms with van der Waals surface area (Å²) in [6, 6.07) is 0. The average Bonchev–Trinajstić information content (AvgIpc) is 2.10. The molecule has 1 radical (unpaired) electrons. The minimum Gasteiger partial charge on any atom is -1.00 e. The van der Waals surface area contributed by atoms with Crippen molar-refractivity contribution in [3.05, 3.63) is 11.5 Å². The molecule has 1 aliphatic heterocycles. The van der Waals surface area contributed by atoms with Gasteiger partial charge in [0.2, 0.25) is 0 Å². The van der Waals surface area contributed by atoms with Crippen LogP contribution in [-0.4, -0.2) is 12.4 Å². The van der Waals surface area contributed by atoms with Gasteiger partial charge in [-0.15, -0.1) is 0 Å². The van der Waals surface area contributed by atoms with Crippen molar-refractivity contribution in [3.8, 4) is 0 Å². The summed E-state index contributed by atoms with van der Waals surface area (Å²) in [5.41, 5.74) is 6.23. The zero-order chi connectivity index (χ0) is 6.85. The molecule has 1 heterocycles. The first-order valence-electron chi connectivity index (χ1n) is 2.87. The first kappa shape index (κ1) is 9.46. The normalized spacial score (nSPS) is 16.1. The van der Waals surface area contributed by atoms with E-state index in [0.29, 0.717) is 12.4 Å². The molecule has 4 heteroatoms. The Hall–Kier alpha value is -0.540. The molecule has 0 unspecified atom stereocenters.